The predicted molar refractivity (Wildman–Crippen MR) is 59.2 cm³/mol. The van der Waals surface area contributed by atoms with Crippen LogP contribution in [0.2, 0.25) is 0 Å². The molecule has 0 bridgehead atoms. The van der Waals surface area contributed by atoms with Crippen LogP contribution in [0.15, 0.2) is 0 Å². The highest BCUT2D eigenvalue weighted by Gasteiger charge is 2.37. The van der Waals surface area contributed by atoms with Crippen LogP contribution in [0.3, 0.4) is 0 Å². The van der Waals surface area contributed by atoms with Crippen molar-refractivity contribution in [3.63, 3.8) is 0 Å². The van der Waals surface area contributed by atoms with E-state index in [2.05, 4.69) is 17.9 Å². The minimum absolute atomic E-state index is 0.269. The van der Waals surface area contributed by atoms with E-state index in [9.17, 15) is 0 Å². The Kier molecular flexibility index (Phi) is 4.44. The Bertz CT molecular complexity index is 209. The van der Waals surface area contributed by atoms with Gasteiger partial charge in [0.15, 0.2) is 0 Å². The van der Waals surface area contributed by atoms with Gasteiger partial charge in [-0.25, -0.2) is 0 Å². The number of hydrogen-bond donors (Lipinski definition) is 0. The average molecular weight is 195 g/mol. The highest BCUT2D eigenvalue weighted by Crippen LogP contribution is 2.32. The molecule has 80 valence electrons. The van der Waals surface area contributed by atoms with E-state index in [0.29, 0.717) is 0 Å². The van der Waals surface area contributed by atoms with Gasteiger partial charge in [-0.1, -0.05) is 0 Å². The van der Waals surface area contributed by atoms with Crippen LogP contribution in [0.5, 0.6) is 0 Å². The van der Waals surface area contributed by atoms with Crippen LogP contribution in [0.1, 0.15) is 32.1 Å². The van der Waals surface area contributed by atoms with Gasteiger partial charge >= 0.3 is 0 Å². The zero-order chi connectivity index (χ0) is 10.4. The highest BCUT2D eigenvalue weighted by molar-refractivity contribution is 4.95. The maximum Gasteiger partial charge on any atom is 0.0646 e. The van der Waals surface area contributed by atoms with E-state index < -0.39 is 0 Å². The molecule has 0 N–H and O–H groups in total. The van der Waals surface area contributed by atoms with E-state index in [-0.39, 0.29) is 5.54 Å². The van der Waals surface area contributed by atoms with Crippen molar-refractivity contribution >= 4 is 0 Å². The Balaban J connectivity index is 2.49. The summed E-state index contributed by atoms with van der Waals surface area (Å²) in [5.41, 5.74) is 0.269. The summed E-state index contributed by atoms with van der Waals surface area (Å²) < 4.78 is 5.34. The summed E-state index contributed by atoms with van der Waals surface area (Å²) in [6.07, 6.45) is 11.0. The minimum Gasteiger partial charge on any atom is -0.383 e. The van der Waals surface area contributed by atoms with Crippen molar-refractivity contribution in [1.29, 1.82) is 0 Å². The van der Waals surface area contributed by atoms with Crippen molar-refractivity contribution in [1.82, 2.24) is 4.90 Å². The van der Waals surface area contributed by atoms with E-state index in [1.807, 2.05) is 0 Å². The van der Waals surface area contributed by atoms with E-state index in [0.717, 1.165) is 19.4 Å². The van der Waals surface area contributed by atoms with Crippen molar-refractivity contribution < 1.29 is 4.74 Å². The van der Waals surface area contributed by atoms with Gasteiger partial charge in [0.25, 0.3) is 0 Å². The number of unbranched alkanes of at least 4 members (excludes halogenated alkanes) is 1. The monoisotopic (exact) mass is 195 g/mol. The lowest BCUT2D eigenvalue weighted by molar-refractivity contribution is 0.0455. The van der Waals surface area contributed by atoms with Crippen molar-refractivity contribution in [2.24, 2.45) is 0 Å². The first kappa shape index (κ1) is 11.6. The lowest BCUT2D eigenvalue weighted by atomic mass is 9.91. The largest absolute Gasteiger partial charge is 0.383 e. The number of methoxy groups -OCH3 is 1. The first-order valence-corrected chi connectivity index (χ1v) is 5.39. The molecule has 0 aromatic heterocycles. The predicted octanol–water partition coefficient (Wildman–Crippen LogP) is 1.90. The smallest absolute Gasteiger partial charge is 0.0646 e. The topological polar surface area (TPSA) is 12.5 Å². The average Bonchev–Trinajstić information content (AvgIpc) is 2.50. The summed E-state index contributed by atoms with van der Waals surface area (Å²) in [6, 6.07) is 0. The van der Waals surface area contributed by atoms with Gasteiger partial charge in [-0.05, 0) is 39.3 Å². The molecule has 1 heterocycles. The second-order valence-corrected chi connectivity index (χ2v) is 4.24. The molecule has 2 nitrogen and oxygen atoms in total. The molecule has 0 aliphatic carbocycles. The molecule has 1 aliphatic heterocycles. The van der Waals surface area contributed by atoms with Crippen molar-refractivity contribution in [3.05, 3.63) is 0 Å². The molecule has 0 unspecified atom stereocenters. The zero-order valence-corrected chi connectivity index (χ0v) is 9.38. The van der Waals surface area contributed by atoms with E-state index in [4.69, 9.17) is 11.2 Å². The van der Waals surface area contributed by atoms with Gasteiger partial charge in [0.05, 0.1) is 6.61 Å². The minimum atomic E-state index is 0.269. The maximum atomic E-state index is 5.34. The van der Waals surface area contributed by atoms with Gasteiger partial charge < -0.3 is 4.74 Å². The van der Waals surface area contributed by atoms with Gasteiger partial charge in [-0.2, -0.15) is 0 Å². The summed E-state index contributed by atoms with van der Waals surface area (Å²) in [6.45, 7) is 2.04. The molecule has 0 amide bonds. The Hall–Kier alpha value is -0.520. The molecule has 1 aliphatic rings. The molecule has 0 spiro atoms. The molecule has 1 fully saturated rings. The summed E-state index contributed by atoms with van der Waals surface area (Å²) in [7, 11) is 3.98. The van der Waals surface area contributed by atoms with Gasteiger partial charge in [0.2, 0.25) is 0 Å². The van der Waals surface area contributed by atoms with Crippen LogP contribution in [0.4, 0.5) is 0 Å². The molecule has 14 heavy (non-hydrogen) atoms. The molecule has 1 rings (SSSR count). The fraction of sp³-hybridized carbons (Fsp3) is 0.833. The van der Waals surface area contributed by atoms with Gasteiger partial charge in [-0.3, -0.25) is 4.90 Å². The van der Waals surface area contributed by atoms with Gasteiger partial charge in [0.1, 0.15) is 0 Å². The fourth-order valence-electron chi connectivity index (χ4n) is 2.43. The van der Waals surface area contributed by atoms with Crippen LogP contribution >= 0.6 is 0 Å². The molecule has 1 saturated heterocycles. The number of likely N-dealkylation sites (N-methyl/N-ethyl adjacent to an activating group) is 1. The molecule has 2 heteroatoms. The molecular formula is C12H21NO. The molecule has 0 saturated carbocycles. The Labute approximate surface area is 87.6 Å². The van der Waals surface area contributed by atoms with E-state index in [1.165, 1.54) is 25.8 Å². The third-order valence-corrected chi connectivity index (χ3v) is 3.32. The van der Waals surface area contributed by atoms with Crippen LogP contribution in [-0.2, 0) is 4.74 Å². The standard InChI is InChI=1S/C12H21NO/c1-4-5-6-8-12(11-14-3)9-7-10-13(12)2/h1H,5-11H2,2-3H3/t12-/m0/s1. The molecule has 1 atom stereocenters. The Morgan fingerprint density at radius 1 is 1.57 bits per heavy atom. The third kappa shape index (κ3) is 2.50. The number of rotatable bonds is 5. The SMILES string of the molecule is C#CCCC[C@@]1(COC)CCCN1C. The van der Waals surface area contributed by atoms with Gasteiger partial charge in [-0.15, -0.1) is 12.3 Å². The second kappa shape index (κ2) is 5.38. The number of ether oxygens (including phenoxy) is 1. The van der Waals surface area contributed by atoms with Crippen LogP contribution < -0.4 is 0 Å². The normalized spacial score (nSPS) is 27.8. The number of terminal acetylenes is 1. The summed E-state index contributed by atoms with van der Waals surface area (Å²) in [5, 5.41) is 0. The van der Waals surface area contributed by atoms with Gasteiger partial charge in [0, 0.05) is 19.1 Å². The number of likely N-dealkylation sites (tertiary alicyclic amines) is 1. The Morgan fingerprint density at radius 3 is 2.86 bits per heavy atom. The fourth-order valence-corrected chi connectivity index (χ4v) is 2.43. The lowest BCUT2D eigenvalue weighted by Crippen LogP contribution is -2.45. The molecule has 0 aromatic rings. The summed E-state index contributed by atoms with van der Waals surface area (Å²) in [4.78, 5) is 2.44. The quantitative estimate of drug-likeness (QED) is 0.491. The molecular weight excluding hydrogens is 174 g/mol. The lowest BCUT2D eigenvalue weighted by Gasteiger charge is -2.35. The van der Waals surface area contributed by atoms with Crippen LogP contribution in [0, 0.1) is 12.3 Å². The summed E-state index contributed by atoms with van der Waals surface area (Å²) >= 11 is 0. The van der Waals surface area contributed by atoms with Crippen LogP contribution in [-0.4, -0.2) is 37.7 Å². The molecule has 0 aromatic carbocycles. The van der Waals surface area contributed by atoms with Crippen LogP contribution in [0.25, 0.3) is 0 Å². The molecule has 0 radical (unpaired) electrons. The van der Waals surface area contributed by atoms with E-state index in [1.54, 1.807) is 7.11 Å². The van der Waals surface area contributed by atoms with E-state index >= 15 is 0 Å². The van der Waals surface area contributed by atoms with Crippen molar-refractivity contribution in [2.75, 3.05) is 27.3 Å². The Morgan fingerprint density at radius 2 is 2.36 bits per heavy atom. The maximum absolute atomic E-state index is 5.34. The first-order chi connectivity index (χ1) is 6.75. The third-order valence-electron chi connectivity index (χ3n) is 3.32. The zero-order valence-electron chi connectivity index (χ0n) is 9.38. The number of hydrogen-bond acceptors (Lipinski definition) is 2. The second-order valence-electron chi connectivity index (χ2n) is 4.24. The highest BCUT2D eigenvalue weighted by atomic mass is 16.5. The number of nitrogens with zero attached hydrogens (tertiary/aromatic N) is 1. The van der Waals surface area contributed by atoms with Crippen molar-refractivity contribution in [2.45, 2.75) is 37.6 Å². The summed E-state index contributed by atoms with van der Waals surface area (Å²) in [5.74, 6) is 2.71. The first-order valence-electron chi connectivity index (χ1n) is 5.39. The van der Waals surface area contributed by atoms with Crippen molar-refractivity contribution in [3.8, 4) is 12.3 Å².